The summed E-state index contributed by atoms with van der Waals surface area (Å²) >= 11 is 0. The maximum absolute atomic E-state index is 4.93. The molecule has 1 aliphatic rings. The summed E-state index contributed by atoms with van der Waals surface area (Å²) in [5, 5.41) is 0. The molecule has 1 heterocycles. The van der Waals surface area contributed by atoms with Crippen LogP contribution in [0.4, 0.5) is 0 Å². The predicted octanol–water partition coefficient (Wildman–Crippen LogP) is 1.21. The van der Waals surface area contributed by atoms with Crippen LogP contribution in [0.25, 0.3) is 0 Å². The fourth-order valence-electron chi connectivity index (χ4n) is 0.862. The van der Waals surface area contributed by atoms with Crippen molar-refractivity contribution in [1.82, 2.24) is 0 Å². The quantitative estimate of drug-likeness (QED) is 0.462. The van der Waals surface area contributed by atoms with Crippen LogP contribution in [0.15, 0.2) is 4.99 Å². The lowest BCUT2D eigenvalue weighted by Gasteiger charge is -1.92. The molecule has 0 aliphatic carbocycles. The zero-order valence-electron chi connectivity index (χ0n) is 5.35. The molecule has 2 heteroatoms. The van der Waals surface area contributed by atoms with Gasteiger partial charge in [0.05, 0.1) is 13.2 Å². The Morgan fingerprint density at radius 3 is 2.75 bits per heavy atom. The fraction of sp³-hybridized carbons (Fsp3) is 0.833. The molecular formula is C6H11NO. The summed E-state index contributed by atoms with van der Waals surface area (Å²) in [4.78, 5) is 4.20. The maximum Gasteiger partial charge on any atom is 0.183 e. The number of ether oxygens (including phenoxy) is 1. The van der Waals surface area contributed by atoms with Crippen LogP contribution in [-0.4, -0.2) is 19.0 Å². The molecule has 0 saturated carbocycles. The number of nitrogens with zero attached hydrogens (tertiary/aromatic N) is 1. The highest BCUT2D eigenvalue weighted by atomic mass is 16.5. The van der Waals surface area contributed by atoms with Crippen LogP contribution in [-0.2, 0) is 4.74 Å². The van der Waals surface area contributed by atoms with E-state index < -0.39 is 0 Å². The van der Waals surface area contributed by atoms with Crippen LogP contribution in [0.2, 0.25) is 0 Å². The third kappa shape index (κ3) is 0.997. The molecule has 46 valence electrons. The topological polar surface area (TPSA) is 21.6 Å². The van der Waals surface area contributed by atoms with Gasteiger partial charge in [-0.3, -0.25) is 4.99 Å². The summed E-state index contributed by atoms with van der Waals surface area (Å²) in [6.07, 6.45) is 2.18. The lowest BCUT2D eigenvalue weighted by molar-refractivity contribution is 0.395. The minimum Gasteiger partial charge on any atom is -0.484 e. The smallest absolute Gasteiger partial charge is 0.183 e. The third-order valence-corrected chi connectivity index (χ3v) is 1.38. The first-order chi connectivity index (χ1) is 3.83. The number of aliphatic imine (C=N–C) groups is 1. The van der Waals surface area contributed by atoms with Crippen molar-refractivity contribution < 1.29 is 4.74 Å². The summed E-state index contributed by atoms with van der Waals surface area (Å²) in [6.45, 7) is 2.10. The van der Waals surface area contributed by atoms with E-state index in [2.05, 4.69) is 11.9 Å². The molecule has 0 radical (unpaired) electrons. The second-order valence-corrected chi connectivity index (χ2v) is 2.11. The molecule has 0 aromatic carbocycles. The zero-order valence-corrected chi connectivity index (χ0v) is 5.35. The molecule has 0 spiro atoms. The molecule has 0 amide bonds. The van der Waals surface area contributed by atoms with Gasteiger partial charge in [-0.25, -0.2) is 0 Å². The Morgan fingerprint density at radius 2 is 2.50 bits per heavy atom. The van der Waals surface area contributed by atoms with Gasteiger partial charge in [-0.15, -0.1) is 0 Å². The van der Waals surface area contributed by atoms with E-state index in [1.165, 1.54) is 0 Å². The van der Waals surface area contributed by atoms with Gasteiger partial charge < -0.3 is 4.74 Å². The molecule has 0 unspecified atom stereocenters. The molecule has 2 nitrogen and oxygen atoms in total. The number of methoxy groups -OCH3 is 1. The van der Waals surface area contributed by atoms with Gasteiger partial charge in [0.2, 0.25) is 0 Å². The van der Waals surface area contributed by atoms with Crippen molar-refractivity contribution in [3.63, 3.8) is 0 Å². The summed E-state index contributed by atoms with van der Waals surface area (Å²) < 4.78 is 4.93. The van der Waals surface area contributed by atoms with Gasteiger partial charge in [0.1, 0.15) is 0 Å². The molecule has 0 N–H and O–H groups in total. The highest BCUT2D eigenvalue weighted by molar-refractivity contribution is 5.77. The Morgan fingerprint density at radius 1 is 1.75 bits per heavy atom. The predicted molar refractivity (Wildman–Crippen MR) is 33.1 cm³/mol. The number of hydrogen-bond acceptors (Lipinski definition) is 2. The van der Waals surface area contributed by atoms with Gasteiger partial charge in [0.25, 0.3) is 0 Å². The van der Waals surface area contributed by atoms with Crippen molar-refractivity contribution in [1.29, 1.82) is 0 Å². The highest BCUT2D eigenvalue weighted by Crippen LogP contribution is 2.11. The molecule has 0 bridgehead atoms. The van der Waals surface area contributed by atoms with E-state index in [9.17, 15) is 0 Å². The lowest BCUT2D eigenvalue weighted by Crippen LogP contribution is -1.93. The fourth-order valence-corrected chi connectivity index (χ4v) is 0.862. The van der Waals surface area contributed by atoms with Gasteiger partial charge in [-0.1, -0.05) is 0 Å². The molecule has 1 aliphatic heterocycles. The van der Waals surface area contributed by atoms with Crippen LogP contribution >= 0.6 is 0 Å². The Hall–Kier alpha value is -0.530. The molecule has 8 heavy (non-hydrogen) atoms. The Bertz CT molecular complexity index is 109. The second kappa shape index (κ2) is 2.16. The van der Waals surface area contributed by atoms with Crippen molar-refractivity contribution in [2.75, 3.05) is 7.11 Å². The standard InChI is InChI=1S/C6H11NO/c1-5-3-4-6(7-5)8-2/h5H,3-4H2,1-2H3/t5-/m0/s1. The van der Waals surface area contributed by atoms with Gasteiger partial charge in [-0.05, 0) is 13.3 Å². The number of rotatable bonds is 0. The van der Waals surface area contributed by atoms with E-state index in [4.69, 9.17) is 4.74 Å². The summed E-state index contributed by atoms with van der Waals surface area (Å²) in [5.41, 5.74) is 0. The van der Waals surface area contributed by atoms with Crippen molar-refractivity contribution in [2.45, 2.75) is 25.8 Å². The van der Waals surface area contributed by atoms with E-state index in [1.807, 2.05) is 0 Å². The monoisotopic (exact) mass is 113 g/mol. The molecule has 0 saturated heterocycles. The third-order valence-electron chi connectivity index (χ3n) is 1.38. The Balaban J connectivity index is 2.44. The van der Waals surface area contributed by atoms with Crippen molar-refractivity contribution >= 4 is 5.90 Å². The van der Waals surface area contributed by atoms with E-state index in [-0.39, 0.29) is 0 Å². The first-order valence-corrected chi connectivity index (χ1v) is 2.93. The first kappa shape index (κ1) is 5.60. The van der Waals surface area contributed by atoms with Gasteiger partial charge in [0.15, 0.2) is 5.90 Å². The van der Waals surface area contributed by atoms with Crippen molar-refractivity contribution in [3.8, 4) is 0 Å². The average Bonchev–Trinajstić information content (AvgIpc) is 2.14. The second-order valence-electron chi connectivity index (χ2n) is 2.11. The molecule has 1 atom stereocenters. The molecule has 0 fully saturated rings. The first-order valence-electron chi connectivity index (χ1n) is 2.93. The average molecular weight is 113 g/mol. The lowest BCUT2D eigenvalue weighted by atomic mass is 10.2. The van der Waals surface area contributed by atoms with Crippen LogP contribution < -0.4 is 0 Å². The molecule has 0 aromatic heterocycles. The summed E-state index contributed by atoms with van der Waals surface area (Å²) in [6, 6.07) is 0.491. The molecule has 0 aromatic rings. The van der Waals surface area contributed by atoms with E-state index >= 15 is 0 Å². The van der Waals surface area contributed by atoms with Crippen LogP contribution in [0.1, 0.15) is 19.8 Å². The van der Waals surface area contributed by atoms with Crippen LogP contribution in [0.5, 0.6) is 0 Å². The maximum atomic E-state index is 4.93. The largest absolute Gasteiger partial charge is 0.484 e. The van der Waals surface area contributed by atoms with Gasteiger partial charge in [0, 0.05) is 6.42 Å². The Kier molecular flexibility index (Phi) is 1.51. The van der Waals surface area contributed by atoms with Crippen LogP contribution in [0, 0.1) is 0 Å². The van der Waals surface area contributed by atoms with E-state index in [0.29, 0.717) is 6.04 Å². The van der Waals surface area contributed by atoms with Crippen molar-refractivity contribution in [2.24, 2.45) is 4.99 Å². The normalized spacial score (nSPS) is 27.8. The van der Waals surface area contributed by atoms with Crippen molar-refractivity contribution in [3.05, 3.63) is 0 Å². The van der Waals surface area contributed by atoms with E-state index in [0.717, 1.165) is 18.7 Å². The van der Waals surface area contributed by atoms with E-state index in [1.54, 1.807) is 7.11 Å². The minimum absolute atomic E-state index is 0.491. The van der Waals surface area contributed by atoms with Gasteiger partial charge in [-0.2, -0.15) is 0 Å². The number of hydrogen-bond donors (Lipinski definition) is 0. The Labute approximate surface area is 49.6 Å². The summed E-state index contributed by atoms with van der Waals surface area (Å²) in [7, 11) is 1.68. The highest BCUT2D eigenvalue weighted by Gasteiger charge is 2.11. The zero-order chi connectivity index (χ0) is 5.98. The molecule has 1 rings (SSSR count). The van der Waals surface area contributed by atoms with Gasteiger partial charge >= 0.3 is 0 Å². The SMILES string of the molecule is COC1=N[C@@H](C)CC1. The molecular weight excluding hydrogens is 102 g/mol. The van der Waals surface area contributed by atoms with Crippen LogP contribution in [0.3, 0.4) is 0 Å². The minimum atomic E-state index is 0.491. The summed E-state index contributed by atoms with van der Waals surface area (Å²) in [5.74, 6) is 0.914.